The van der Waals surface area contributed by atoms with Crippen LogP contribution in [0, 0.1) is 28.6 Å². The Morgan fingerprint density at radius 3 is 2.41 bits per heavy atom. The zero-order valence-corrected chi connectivity index (χ0v) is 18.6. The molecule has 1 amide bonds. The molecule has 3 aliphatic rings. The van der Waals surface area contributed by atoms with Gasteiger partial charge in [-0.15, -0.1) is 0 Å². The van der Waals surface area contributed by atoms with Crippen molar-refractivity contribution in [2.75, 3.05) is 20.8 Å². The highest BCUT2D eigenvalue weighted by atomic mass is 16.5. The fraction of sp³-hybridized carbons (Fsp3) is 0.708. The highest BCUT2D eigenvalue weighted by Gasteiger charge is 2.68. The summed E-state index contributed by atoms with van der Waals surface area (Å²) in [7, 11) is 3.36. The van der Waals surface area contributed by atoms with Gasteiger partial charge in [-0.2, -0.15) is 0 Å². The number of hydrogen-bond acceptors (Lipinski definition) is 4. The van der Waals surface area contributed by atoms with Gasteiger partial charge in [-0.05, 0) is 59.6 Å². The number of fused-ring (bicyclic) bond motifs is 1. The molecule has 2 bridgehead atoms. The molecule has 0 radical (unpaired) electrons. The second-order valence-corrected chi connectivity index (χ2v) is 10.1. The first-order valence-corrected chi connectivity index (χ1v) is 10.9. The van der Waals surface area contributed by atoms with Crippen molar-refractivity contribution in [3.63, 3.8) is 0 Å². The van der Waals surface area contributed by atoms with Crippen LogP contribution in [-0.2, 0) is 9.53 Å². The molecule has 1 heterocycles. The van der Waals surface area contributed by atoms with Gasteiger partial charge in [0.25, 0.3) is 0 Å². The molecule has 5 heteroatoms. The van der Waals surface area contributed by atoms with E-state index in [2.05, 4.69) is 31.3 Å². The van der Waals surface area contributed by atoms with Gasteiger partial charge in [-0.1, -0.05) is 27.7 Å². The molecule has 1 saturated heterocycles. The van der Waals surface area contributed by atoms with Crippen LogP contribution in [0.4, 0.5) is 0 Å². The first-order valence-electron chi connectivity index (χ1n) is 10.9. The molecule has 2 saturated carbocycles. The Balaban J connectivity index is 1.70. The summed E-state index contributed by atoms with van der Waals surface area (Å²) in [6, 6.07) is 6.24. The minimum Gasteiger partial charge on any atom is -0.497 e. The summed E-state index contributed by atoms with van der Waals surface area (Å²) in [4.78, 5) is 12.7. The average Bonchev–Trinajstić information content (AvgIpc) is 3.19. The van der Waals surface area contributed by atoms with Crippen LogP contribution in [0.3, 0.4) is 0 Å². The lowest BCUT2D eigenvalue weighted by atomic mass is 9.58. The largest absolute Gasteiger partial charge is 0.497 e. The van der Waals surface area contributed by atoms with Crippen molar-refractivity contribution in [3.8, 4) is 11.5 Å². The maximum atomic E-state index is 12.7. The Hall–Kier alpha value is -1.75. The molecule has 1 aromatic carbocycles. The monoisotopic (exact) mass is 401 g/mol. The maximum Gasteiger partial charge on any atom is 0.222 e. The van der Waals surface area contributed by atoms with Crippen LogP contribution >= 0.6 is 0 Å². The summed E-state index contributed by atoms with van der Waals surface area (Å²) in [6.07, 6.45) is 3.34. The van der Waals surface area contributed by atoms with Gasteiger partial charge in [0.15, 0.2) is 0 Å². The molecule has 29 heavy (non-hydrogen) atoms. The number of rotatable bonds is 5. The lowest BCUT2D eigenvalue weighted by Gasteiger charge is -2.53. The molecular formula is C24H35NO4. The SMILES string of the molecule is COc1cc(OC)cc([C@H]2OCC[C@@]34C[C@@H](C[C@H]23)C(C)(C)[C@@H]4NC(=O)C(C)C)c1. The Morgan fingerprint density at radius 2 is 1.83 bits per heavy atom. The summed E-state index contributed by atoms with van der Waals surface area (Å²) in [5, 5.41) is 3.46. The summed E-state index contributed by atoms with van der Waals surface area (Å²) in [5.74, 6) is 2.73. The second-order valence-electron chi connectivity index (χ2n) is 10.1. The Bertz CT molecular complexity index is 767. The molecule has 1 aromatic rings. The third-order valence-electron chi connectivity index (χ3n) is 8.02. The van der Waals surface area contributed by atoms with Gasteiger partial charge < -0.3 is 19.5 Å². The average molecular weight is 402 g/mol. The molecule has 0 unspecified atom stereocenters. The Labute approximate surface area is 174 Å². The van der Waals surface area contributed by atoms with Crippen LogP contribution in [0.5, 0.6) is 11.5 Å². The summed E-state index contributed by atoms with van der Waals surface area (Å²) >= 11 is 0. The van der Waals surface area contributed by atoms with E-state index in [9.17, 15) is 4.79 Å². The first kappa shape index (κ1) is 20.5. The van der Waals surface area contributed by atoms with Crippen molar-refractivity contribution < 1.29 is 19.0 Å². The highest BCUT2D eigenvalue weighted by Crippen LogP contribution is 2.70. The standard InChI is InChI=1S/C24H35NO4/c1-14(2)21(26)25-22-23(3,4)16-11-19-20(29-8-7-24(19,22)13-16)15-9-17(27-5)12-18(10-15)28-6/h9-10,12,14,16,19-20,22H,7-8,11,13H2,1-6H3,(H,25,26)/t16-,19-,20-,22+,24-/m1/s1. The minimum absolute atomic E-state index is 0.00180. The van der Waals surface area contributed by atoms with Gasteiger partial charge in [-0.25, -0.2) is 0 Å². The van der Waals surface area contributed by atoms with E-state index in [1.54, 1.807) is 14.2 Å². The topological polar surface area (TPSA) is 56.8 Å². The van der Waals surface area contributed by atoms with E-state index in [4.69, 9.17) is 14.2 Å². The smallest absolute Gasteiger partial charge is 0.222 e. The van der Waals surface area contributed by atoms with Gasteiger partial charge in [0.1, 0.15) is 11.5 Å². The fourth-order valence-corrected chi connectivity index (χ4v) is 6.42. The lowest BCUT2D eigenvalue weighted by Crippen LogP contribution is -2.59. The van der Waals surface area contributed by atoms with Crippen molar-refractivity contribution in [1.29, 1.82) is 0 Å². The predicted octanol–water partition coefficient (Wildman–Crippen LogP) is 4.36. The third kappa shape index (κ3) is 3.13. The number of hydrogen-bond donors (Lipinski definition) is 1. The highest BCUT2D eigenvalue weighted by molar-refractivity contribution is 5.78. The quantitative estimate of drug-likeness (QED) is 0.797. The number of nitrogens with one attached hydrogen (secondary N) is 1. The fourth-order valence-electron chi connectivity index (χ4n) is 6.42. The third-order valence-corrected chi connectivity index (χ3v) is 8.02. The van der Waals surface area contributed by atoms with Crippen LogP contribution in [0.25, 0.3) is 0 Å². The Morgan fingerprint density at radius 1 is 1.17 bits per heavy atom. The lowest BCUT2D eigenvalue weighted by molar-refractivity contribution is -0.139. The van der Waals surface area contributed by atoms with E-state index in [-0.39, 0.29) is 34.8 Å². The van der Waals surface area contributed by atoms with Crippen molar-refractivity contribution in [2.24, 2.45) is 28.6 Å². The van der Waals surface area contributed by atoms with Crippen molar-refractivity contribution in [1.82, 2.24) is 5.32 Å². The molecule has 5 atom stereocenters. The molecule has 5 nitrogen and oxygen atoms in total. The van der Waals surface area contributed by atoms with Gasteiger partial charge in [0.05, 0.1) is 20.3 Å². The van der Waals surface area contributed by atoms with Crippen molar-refractivity contribution in [3.05, 3.63) is 23.8 Å². The van der Waals surface area contributed by atoms with E-state index in [1.807, 2.05) is 19.9 Å². The summed E-state index contributed by atoms with van der Waals surface area (Å²) in [6.45, 7) is 9.34. The van der Waals surface area contributed by atoms with Crippen LogP contribution in [0.2, 0.25) is 0 Å². The van der Waals surface area contributed by atoms with E-state index in [0.717, 1.165) is 36.5 Å². The van der Waals surface area contributed by atoms with Crippen LogP contribution in [0.15, 0.2) is 18.2 Å². The van der Waals surface area contributed by atoms with Gasteiger partial charge in [0.2, 0.25) is 5.91 Å². The molecule has 0 aromatic heterocycles. The van der Waals surface area contributed by atoms with Gasteiger partial charge >= 0.3 is 0 Å². The molecule has 3 fully saturated rings. The molecule has 1 N–H and O–H groups in total. The van der Waals surface area contributed by atoms with Gasteiger partial charge in [-0.3, -0.25) is 4.79 Å². The predicted molar refractivity (Wildman–Crippen MR) is 112 cm³/mol. The zero-order valence-electron chi connectivity index (χ0n) is 18.6. The number of carbonyl (C=O) groups excluding carboxylic acids is 1. The van der Waals surface area contributed by atoms with E-state index in [0.29, 0.717) is 11.8 Å². The van der Waals surface area contributed by atoms with Crippen LogP contribution in [0.1, 0.15) is 58.6 Å². The second kappa shape index (κ2) is 7.19. The molecule has 1 aliphatic heterocycles. The number of amides is 1. The normalized spacial score (nSPS) is 34.7. The summed E-state index contributed by atoms with van der Waals surface area (Å²) < 4.78 is 17.4. The zero-order chi connectivity index (χ0) is 21.0. The van der Waals surface area contributed by atoms with E-state index in [1.165, 1.54) is 6.42 Å². The molecular weight excluding hydrogens is 366 g/mol. The molecule has 1 spiro atoms. The van der Waals surface area contributed by atoms with Crippen molar-refractivity contribution in [2.45, 2.75) is 59.1 Å². The van der Waals surface area contributed by atoms with Crippen LogP contribution < -0.4 is 14.8 Å². The number of ether oxygens (including phenoxy) is 3. The minimum atomic E-state index is -0.00180. The number of benzene rings is 1. The summed E-state index contributed by atoms with van der Waals surface area (Å²) in [5.41, 5.74) is 1.32. The molecule has 4 rings (SSSR count). The maximum absolute atomic E-state index is 12.7. The van der Waals surface area contributed by atoms with Crippen molar-refractivity contribution >= 4 is 5.91 Å². The van der Waals surface area contributed by atoms with Gasteiger partial charge in [0, 0.05) is 24.6 Å². The van der Waals surface area contributed by atoms with E-state index >= 15 is 0 Å². The molecule has 160 valence electrons. The number of methoxy groups -OCH3 is 2. The Kier molecular flexibility index (Phi) is 5.09. The number of carbonyl (C=O) groups is 1. The van der Waals surface area contributed by atoms with E-state index < -0.39 is 0 Å². The van der Waals surface area contributed by atoms with Crippen LogP contribution in [-0.4, -0.2) is 32.8 Å². The first-order chi connectivity index (χ1) is 13.7. The molecule has 2 aliphatic carbocycles.